The lowest BCUT2D eigenvalue weighted by Crippen LogP contribution is -2.41. The Kier molecular flexibility index (Phi) is 8.05. The zero-order chi connectivity index (χ0) is 25.0. The van der Waals surface area contributed by atoms with Gasteiger partial charge in [-0.3, -0.25) is 4.72 Å². The van der Waals surface area contributed by atoms with Crippen molar-refractivity contribution in [3.63, 3.8) is 0 Å². The summed E-state index contributed by atoms with van der Waals surface area (Å²) in [5.74, 6) is -1.23. The second-order valence-corrected chi connectivity index (χ2v) is 11.1. The molecule has 0 radical (unpaired) electrons. The van der Waals surface area contributed by atoms with Gasteiger partial charge in [0.05, 0.1) is 10.7 Å². The normalized spacial score (nSPS) is 18.2. The molecule has 0 amide bonds. The molecule has 0 aliphatic heterocycles. The minimum Gasteiger partial charge on any atom is -0.383 e. The minimum absolute atomic E-state index is 0.00303. The Morgan fingerprint density at radius 2 is 1.97 bits per heavy atom. The van der Waals surface area contributed by atoms with E-state index in [0.717, 1.165) is 54.0 Å². The third kappa shape index (κ3) is 6.00. The Morgan fingerprint density at radius 1 is 1.20 bits per heavy atom. The van der Waals surface area contributed by atoms with E-state index in [0.29, 0.717) is 6.54 Å². The molecule has 0 saturated carbocycles. The van der Waals surface area contributed by atoms with E-state index in [2.05, 4.69) is 26.4 Å². The van der Waals surface area contributed by atoms with Gasteiger partial charge >= 0.3 is 0 Å². The quantitative estimate of drug-likeness (QED) is 0.323. The van der Waals surface area contributed by atoms with Gasteiger partial charge in [-0.25, -0.2) is 22.2 Å². The number of halogens is 3. The summed E-state index contributed by atoms with van der Waals surface area (Å²) in [7, 11) is -4.19. The smallest absolute Gasteiger partial charge is 0.266 e. The fourth-order valence-corrected chi connectivity index (χ4v) is 6.42. The molecule has 35 heavy (non-hydrogen) atoms. The molecule has 1 aromatic heterocycles. The third-order valence-electron chi connectivity index (χ3n) is 5.85. The van der Waals surface area contributed by atoms with Crippen molar-refractivity contribution in [3.05, 3.63) is 76.3 Å². The number of aromatic nitrogens is 1. The highest BCUT2D eigenvalue weighted by molar-refractivity contribution is 7.93. The van der Waals surface area contributed by atoms with Crippen LogP contribution in [0.1, 0.15) is 25.3 Å². The van der Waals surface area contributed by atoms with Crippen LogP contribution in [-0.4, -0.2) is 32.5 Å². The number of anilines is 2. The van der Waals surface area contributed by atoms with Gasteiger partial charge in [-0.2, -0.15) is 0 Å². The molecule has 0 unspecified atom stereocenters. The van der Waals surface area contributed by atoms with Crippen molar-refractivity contribution < 1.29 is 17.2 Å². The molecule has 6 nitrogen and oxygen atoms in total. The Labute approximate surface area is 212 Å². The summed E-state index contributed by atoms with van der Waals surface area (Å²) >= 11 is 7.45. The molecule has 11 heteroatoms. The Balaban J connectivity index is 1.56. The standard InChI is InChI=1S/C24H25ClF2N4O2S2/c1-2-28-21-5-3-4-17(15-6-8-16(26)9-7-15)18(21)14-30-22-13-20(27)23(12-19(22)25)35(32,33)31-24-29-10-11-34-24/h4,6-13,18,21,28,30H,2-3,5,14H2,1H3,(H,29,31)/t18-,21-/m1/s1. The SMILES string of the molecule is CCN[C@@H]1CCC=C(c2ccc(F)cc2)[C@H]1CNc1cc(F)c(S(=O)(=O)Nc2nccs2)cc1Cl. The van der Waals surface area contributed by atoms with Crippen molar-refractivity contribution in [2.75, 3.05) is 23.1 Å². The zero-order valence-electron chi connectivity index (χ0n) is 18.9. The molecule has 0 saturated heterocycles. The van der Waals surface area contributed by atoms with Crippen LogP contribution in [0.15, 0.2) is 58.9 Å². The number of nitrogens with one attached hydrogen (secondary N) is 3. The molecular weight excluding hydrogens is 514 g/mol. The van der Waals surface area contributed by atoms with Crippen molar-refractivity contribution in [2.24, 2.45) is 5.92 Å². The molecule has 0 fully saturated rings. The van der Waals surface area contributed by atoms with Crippen LogP contribution in [0.3, 0.4) is 0 Å². The summed E-state index contributed by atoms with van der Waals surface area (Å²) in [5.41, 5.74) is 2.28. The zero-order valence-corrected chi connectivity index (χ0v) is 21.3. The van der Waals surface area contributed by atoms with Crippen LogP contribution in [0.25, 0.3) is 5.57 Å². The predicted octanol–water partition coefficient (Wildman–Crippen LogP) is 5.76. The third-order valence-corrected chi connectivity index (χ3v) is 8.33. The number of hydrogen-bond donors (Lipinski definition) is 3. The lowest BCUT2D eigenvalue weighted by Gasteiger charge is -2.34. The number of hydrogen-bond acceptors (Lipinski definition) is 6. The van der Waals surface area contributed by atoms with Crippen LogP contribution in [0.5, 0.6) is 0 Å². The van der Waals surface area contributed by atoms with Crippen LogP contribution in [0.2, 0.25) is 5.02 Å². The highest BCUT2D eigenvalue weighted by atomic mass is 35.5. The van der Waals surface area contributed by atoms with E-state index in [1.807, 2.05) is 6.92 Å². The van der Waals surface area contributed by atoms with E-state index in [1.165, 1.54) is 18.3 Å². The summed E-state index contributed by atoms with van der Waals surface area (Å²) in [4.78, 5) is 3.31. The lowest BCUT2D eigenvalue weighted by atomic mass is 9.79. The Morgan fingerprint density at radius 3 is 2.66 bits per heavy atom. The van der Waals surface area contributed by atoms with Crippen molar-refractivity contribution in [2.45, 2.75) is 30.7 Å². The van der Waals surface area contributed by atoms with E-state index >= 15 is 0 Å². The van der Waals surface area contributed by atoms with Crippen LogP contribution < -0.4 is 15.4 Å². The lowest BCUT2D eigenvalue weighted by molar-refractivity contribution is 0.403. The largest absolute Gasteiger partial charge is 0.383 e. The highest BCUT2D eigenvalue weighted by Gasteiger charge is 2.29. The summed E-state index contributed by atoms with van der Waals surface area (Å²) in [6.07, 6.45) is 5.40. The molecule has 186 valence electrons. The molecule has 1 heterocycles. The van der Waals surface area contributed by atoms with Gasteiger partial charge in [0, 0.05) is 30.1 Å². The van der Waals surface area contributed by atoms with Gasteiger partial charge in [0.1, 0.15) is 16.5 Å². The minimum atomic E-state index is -4.19. The number of thiazole rings is 1. The number of nitrogens with zero attached hydrogens (tertiary/aromatic N) is 1. The maximum atomic E-state index is 14.9. The molecule has 1 aliphatic carbocycles. The maximum Gasteiger partial charge on any atom is 0.266 e. The number of benzene rings is 2. The van der Waals surface area contributed by atoms with Gasteiger partial charge < -0.3 is 10.6 Å². The van der Waals surface area contributed by atoms with E-state index < -0.39 is 20.7 Å². The maximum absolute atomic E-state index is 14.9. The van der Waals surface area contributed by atoms with Crippen LogP contribution >= 0.6 is 22.9 Å². The number of allylic oxidation sites excluding steroid dienone is 1. The highest BCUT2D eigenvalue weighted by Crippen LogP contribution is 2.35. The molecule has 0 spiro atoms. The second-order valence-electron chi connectivity index (χ2n) is 8.10. The van der Waals surface area contributed by atoms with E-state index in [-0.39, 0.29) is 33.6 Å². The first-order valence-corrected chi connectivity index (χ1v) is 13.9. The van der Waals surface area contributed by atoms with Gasteiger partial charge in [-0.1, -0.05) is 36.7 Å². The Bertz CT molecular complexity index is 1300. The number of sulfonamides is 1. The molecule has 4 rings (SSSR count). The van der Waals surface area contributed by atoms with Crippen molar-refractivity contribution in [1.29, 1.82) is 0 Å². The first-order valence-electron chi connectivity index (χ1n) is 11.1. The van der Waals surface area contributed by atoms with Gasteiger partial charge in [0.25, 0.3) is 10.0 Å². The molecule has 3 N–H and O–H groups in total. The van der Waals surface area contributed by atoms with Crippen molar-refractivity contribution in [1.82, 2.24) is 10.3 Å². The van der Waals surface area contributed by atoms with Crippen LogP contribution in [-0.2, 0) is 10.0 Å². The van der Waals surface area contributed by atoms with Gasteiger partial charge in [-0.15, -0.1) is 11.3 Å². The van der Waals surface area contributed by atoms with Crippen molar-refractivity contribution >= 4 is 49.4 Å². The fourth-order valence-electron chi connectivity index (χ4n) is 4.25. The summed E-state index contributed by atoms with van der Waals surface area (Å²) < 4.78 is 55.9. The number of rotatable bonds is 9. The first kappa shape index (κ1) is 25.6. The predicted molar refractivity (Wildman–Crippen MR) is 137 cm³/mol. The van der Waals surface area contributed by atoms with Crippen LogP contribution in [0.4, 0.5) is 19.6 Å². The fraction of sp³-hybridized carbons (Fsp3) is 0.292. The van der Waals surface area contributed by atoms with Gasteiger partial charge in [0.15, 0.2) is 5.13 Å². The molecular formula is C24H25ClF2N4O2S2. The van der Waals surface area contributed by atoms with E-state index in [1.54, 1.807) is 17.5 Å². The average Bonchev–Trinajstić information content (AvgIpc) is 3.33. The van der Waals surface area contributed by atoms with E-state index in [4.69, 9.17) is 11.6 Å². The Hall–Kier alpha value is -2.53. The monoisotopic (exact) mass is 538 g/mol. The summed E-state index contributed by atoms with van der Waals surface area (Å²) in [6, 6.07) is 8.71. The summed E-state index contributed by atoms with van der Waals surface area (Å²) in [6.45, 7) is 3.24. The van der Waals surface area contributed by atoms with Gasteiger partial charge in [-0.05, 0) is 54.8 Å². The molecule has 2 aromatic carbocycles. The van der Waals surface area contributed by atoms with Crippen LogP contribution in [0, 0.1) is 17.6 Å². The molecule has 2 atom stereocenters. The second kappa shape index (κ2) is 11.0. The molecule has 0 bridgehead atoms. The summed E-state index contributed by atoms with van der Waals surface area (Å²) in [5, 5.41) is 8.52. The topological polar surface area (TPSA) is 83.1 Å². The first-order chi connectivity index (χ1) is 16.8. The van der Waals surface area contributed by atoms with E-state index in [9.17, 15) is 17.2 Å². The molecule has 1 aliphatic rings. The average molecular weight is 539 g/mol. The van der Waals surface area contributed by atoms with Gasteiger partial charge in [0.2, 0.25) is 0 Å². The van der Waals surface area contributed by atoms with Crippen molar-refractivity contribution in [3.8, 4) is 0 Å². The molecule has 3 aromatic rings.